The molecule has 1 fully saturated rings. The van der Waals surface area contributed by atoms with Crippen LogP contribution in [0.25, 0.3) is 11.2 Å². The maximum atomic E-state index is 14.6. The summed E-state index contributed by atoms with van der Waals surface area (Å²) < 4.78 is 7.15. The van der Waals surface area contributed by atoms with E-state index in [-0.39, 0.29) is 175 Å². The fraction of sp³-hybridized carbons (Fsp3) is 0.667. The number of anilines is 1. The molecule has 0 saturated carbocycles. The van der Waals surface area contributed by atoms with E-state index in [4.69, 9.17) is 79.3 Å². The minimum atomic E-state index is -1.51. The molecule has 7 amide bonds. The Morgan fingerprint density at radius 1 is 0.444 bits per heavy atom. The number of guanidine groups is 6. The van der Waals surface area contributed by atoms with Crippen molar-refractivity contribution < 1.29 is 58.4 Å². The summed E-state index contributed by atoms with van der Waals surface area (Å²) in [6, 6.07) is -8.39. The number of amides is 7. The van der Waals surface area contributed by atoms with Crippen LogP contribution in [0.15, 0.2) is 42.6 Å². The van der Waals surface area contributed by atoms with E-state index in [1.165, 1.54) is 17.2 Å². The number of nitrogen functional groups attached to an aromatic ring is 1. The van der Waals surface area contributed by atoms with Crippen molar-refractivity contribution in [3.8, 4) is 0 Å². The lowest BCUT2D eigenvalue weighted by atomic mass is 10.0. The second kappa shape index (κ2) is 45.2. The predicted molar refractivity (Wildman–Crippen MR) is 369 cm³/mol. The Balaban J connectivity index is 1.73. The zero-order valence-corrected chi connectivity index (χ0v) is 55.7. The largest absolute Gasteiger partial charge is 0.480 e. The number of hydrogen-bond donors (Lipinski definition) is 23. The highest BCUT2D eigenvalue weighted by Gasteiger charge is 2.48. The van der Waals surface area contributed by atoms with E-state index in [1.54, 1.807) is 0 Å². The molecule has 1 aliphatic heterocycles. The third kappa shape index (κ3) is 32.5. The number of aliphatic hydroxyl groups excluding tert-OH is 2. The van der Waals surface area contributed by atoms with Crippen LogP contribution < -0.4 is 112 Å². The number of carbonyl (C=O) groups excluding carboxylic acids is 7. The second-order valence-corrected chi connectivity index (χ2v) is 23.3. The van der Waals surface area contributed by atoms with Gasteiger partial charge in [-0.25, -0.2) is 19.7 Å². The van der Waals surface area contributed by atoms with Crippen molar-refractivity contribution in [2.45, 2.75) is 196 Å². The number of imidazole rings is 1. The summed E-state index contributed by atoms with van der Waals surface area (Å²) in [5.41, 5.74) is 72.7. The number of aliphatic imine (C=N–C) groups is 6. The monoisotopic (exact) mass is 1400 g/mol. The number of fused-ring (bicyclic) bond motifs is 1. The van der Waals surface area contributed by atoms with Crippen molar-refractivity contribution in [1.29, 1.82) is 0 Å². The summed E-state index contributed by atoms with van der Waals surface area (Å²) in [7, 11) is 0. The zero-order chi connectivity index (χ0) is 73.4. The lowest BCUT2D eigenvalue weighted by Crippen LogP contribution is -2.59. The minimum absolute atomic E-state index is 0.0118. The van der Waals surface area contributed by atoms with E-state index in [9.17, 15) is 53.7 Å². The van der Waals surface area contributed by atoms with Crippen LogP contribution in [-0.2, 0) is 43.1 Å². The summed E-state index contributed by atoms with van der Waals surface area (Å²) in [6.45, 7) is 0.460. The van der Waals surface area contributed by atoms with Gasteiger partial charge in [-0.3, -0.25) is 68.1 Å². The van der Waals surface area contributed by atoms with Crippen LogP contribution in [0.2, 0.25) is 0 Å². The molecule has 2 aromatic rings. The highest BCUT2D eigenvalue weighted by atomic mass is 16.6. The number of nitrogens with two attached hydrogens (primary N) is 13. The lowest BCUT2D eigenvalue weighted by Gasteiger charge is -2.27. The van der Waals surface area contributed by atoms with E-state index in [0.717, 1.165) is 32.1 Å². The quantitative estimate of drug-likeness (QED) is 0.0166. The van der Waals surface area contributed by atoms with Crippen LogP contribution in [0.5, 0.6) is 0 Å². The fourth-order valence-electron chi connectivity index (χ4n) is 10.2. The zero-order valence-electron chi connectivity index (χ0n) is 55.7. The standard InChI is InChI=1S/C57H104N30O12/c58-42-38-43(79-29-78-42)87(30-80-38)50-40(90)39(89)41(99-50)49(96)71-22-8-6-4-2-1-3-5-7-21-37(88)81-31(15-9-23-72-52(59)60)44(91)82-32(16-10-24-73-53(61)62)45(92)83-33(17-11-25-74-54(63)64)46(93)84-34(18-12-26-75-55(65)66)47(94)85-35(19-13-27-76-56(67)68)48(95)86-36(51(97)98)20-14-28-77-57(69)70/h29-36,39-41,50,89-90H,1-28H2,(H,71,96)(H,81,88)(H,82,91)(H,83,92)(H,84,93)(H,85,94)(H,86,95)(H,97,98)(H2,58,78,79)(H4,59,60,72)(H4,61,62,73)(H4,63,64,74)(H4,65,66,75)(H4,67,68,76)(H4,69,70,77). The van der Waals surface area contributed by atoms with Crippen LogP contribution in [0.4, 0.5) is 5.82 Å². The smallest absolute Gasteiger partial charge is 0.326 e. The van der Waals surface area contributed by atoms with Gasteiger partial charge in [-0.15, -0.1) is 0 Å². The average molecular weight is 1400 g/mol. The van der Waals surface area contributed by atoms with Gasteiger partial charge in [0.2, 0.25) is 35.4 Å². The van der Waals surface area contributed by atoms with Gasteiger partial charge < -0.3 is 132 Å². The minimum Gasteiger partial charge on any atom is -0.480 e. The molecule has 10 atom stereocenters. The van der Waals surface area contributed by atoms with Crippen molar-refractivity contribution in [2.75, 3.05) is 51.5 Å². The van der Waals surface area contributed by atoms with Gasteiger partial charge in [-0.05, 0) is 89.9 Å². The summed E-state index contributed by atoms with van der Waals surface area (Å²) in [6.07, 6.45) is 3.38. The number of aromatic nitrogens is 4. The molecule has 0 radical (unpaired) electrons. The van der Waals surface area contributed by atoms with E-state index >= 15 is 0 Å². The van der Waals surface area contributed by atoms with Crippen molar-refractivity contribution in [2.24, 2.45) is 98.8 Å². The molecule has 3 rings (SSSR count). The SMILES string of the molecule is NC(N)=NCCCC(NC(=O)C(CCCN=C(N)N)NC(=O)C(CCCN=C(N)N)NC(=O)C(CCCN=C(N)N)NC(=O)C(CCCN=C(N)N)NC(=O)C(CCCN=C(N)N)NC(=O)CCCCCCCCCCNC(=O)C1OC(n2cnc3c(N)ncnc32)C(O)C1O)C(=O)O. The number of carboxylic acids is 1. The number of unbranched alkanes of at least 4 members (excludes halogenated alkanes) is 7. The summed E-state index contributed by atoms with van der Waals surface area (Å²) in [4.78, 5) is 146. The van der Waals surface area contributed by atoms with E-state index in [1.807, 2.05) is 0 Å². The van der Waals surface area contributed by atoms with E-state index in [0.29, 0.717) is 25.8 Å². The molecule has 36 N–H and O–H groups in total. The number of aliphatic hydroxyl groups is 2. The van der Waals surface area contributed by atoms with Crippen molar-refractivity contribution in [1.82, 2.24) is 56.7 Å². The average Bonchev–Trinajstić information content (AvgIpc) is 1.62. The van der Waals surface area contributed by atoms with Gasteiger partial charge in [0.15, 0.2) is 59.6 Å². The van der Waals surface area contributed by atoms with Gasteiger partial charge in [0.1, 0.15) is 60.3 Å². The van der Waals surface area contributed by atoms with Gasteiger partial charge in [0, 0.05) is 52.2 Å². The van der Waals surface area contributed by atoms with Gasteiger partial charge >= 0.3 is 5.97 Å². The molecule has 42 heteroatoms. The van der Waals surface area contributed by atoms with Crippen LogP contribution in [0, 0.1) is 0 Å². The topological polar surface area (TPSA) is 747 Å². The Morgan fingerprint density at radius 3 is 1.14 bits per heavy atom. The molecule has 2 aromatic heterocycles. The first-order chi connectivity index (χ1) is 47.1. The maximum Gasteiger partial charge on any atom is 0.326 e. The first-order valence-electron chi connectivity index (χ1n) is 32.7. The highest BCUT2D eigenvalue weighted by Crippen LogP contribution is 2.32. The molecule has 0 bridgehead atoms. The number of ether oxygens (including phenoxy) is 1. The van der Waals surface area contributed by atoms with Crippen LogP contribution >= 0.6 is 0 Å². The number of nitrogens with one attached hydrogen (secondary N) is 7. The van der Waals surface area contributed by atoms with Crippen LogP contribution in [0.3, 0.4) is 0 Å². The summed E-state index contributed by atoms with van der Waals surface area (Å²) >= 11 is 0. The molecular formula is C57H104N30O12. The molecule has 42 nitrogen and oxygen atoms in total. The van der Waals surface area contributed by atoms with Crippen molar-refractivity contribution in [3.05, 3.63) is 12.7 Å². The van der Waals surface area contributed by atoms with Crippen molar-refractivity contribution in [3.63, 3.8) is 0 Å². The number of aliphatic carboxylic acids is 1. The van der Waals surface area contributed by atoms with Gasteiger partial charge in [-0.1, -0.05) is 38.5 Å². The molecule has 554 valence electrons. The first-order valence-corrected chi connectivity index (χ1v) is 32.7. The Hall–Kier alpha value is -10.4. The normalized spacial score (nSPS) is 16.5. The van der Waals surface area contributed by atoms with Crippen LogP contribution in [-0.4, -0.2) is 218 Å². The Labute approximate surface area is 572 Å². The Bertz CT molecular complexity index is 3080. The Morgan fingerprint density at radius 2 is 0.778 bits per heavy atom. The molecule has 3 heterocycles. The number of carboxylic acid groups (broad SMARTS) is 1. The van der Waals surface area contributed by atoms with Gasteiger partial charge in [-0.2, -0.15) is 0 Å². The van der Waals surface area contributed by atoms with Gasteiger partial charge in [0.25, 0.3) is 5.91 Å². The predicted octanol–water partition coefficient (Wildman–Crippen LogP) is -8.03. The van der Waals surface area contributed by atoms with Crippen LogP contribution in [0.1, 0.15) is 141 Å². The molecule has 10 unspecified atom stereocenters. The number of carbonyl (C=O) groups is 8. The summed E-state index contributed by atoms with van der Waals surface area (Å²) in [5.74, 6) is -8.09. The molecular weight excluding hydrogens is 1300 g/mol. The van der Waals surface area contributed by atoms with E-state index < -0.39 is 108 Å². The number of nitrogens with zero attached hydrogens (tertiary/aromatic N) is 10. The maximum absolute atomic E-state index is 14.6. The third-order valence-electron chi connectivity index (χ3n) is 15.3. The first kappa shape index (κ1) is 82.8. The third-order valence-corrected chi connectivity index (χ3v) is 15.3. The molecule has 99 heavy (non-hydrogen) atoms. The number of hydrogen-bond acceptors (Lipinski definition) is 21. The molecule has 1 saturated heterocycles. The molecule has 1 aliphatic rings. The number of rotatable bonds is 49. The lowest BCUT2D eigenvalue weighted by molar-refractivity contribution is -0.142. The highest BCUT2D eigenvalue weighted by molar-refractivity contribution is 5.97. The van der Waals surface area contributed by atoms with Gasteiger partial charge in [0.05, 0.1) is 6.33 Å². The van der Waals surface area contributed by atoms with E-state index in [2.05, 4.69) is 82.1 Å². The molecule has 0 aliphatic carbocycles. The molecule has 0 spiro atoms. The summed E-state index contributed by atoms with van der Waals surface area (Å²) in [5, 5.41) is 50.0. The van der Waals surface area contributed by atoms with Crippen molar-refractivity contribution >= 4 is 100 Å². The fourth-order valence-corrected chi connectivity index (χ4v) is 10.2. The molecule has 0 aromatic carbocycles. The second-order valence-electron chi connectivity index (χ2n) is 23.3. The Kier molecular flexibility index (Phi) is 37.8.